The van der Waals surface area contributed by atoms with Gasteiger partial charge in [0.15, 0.2) is 4.73 Å². The summed E-state index contributed by atoms with van der Waals surface area (Å²) < 4.78 is 7.24. The van der Waals surface area contributed by atoms with Gasteiger partial charge in [-0.25, -0.2) is 4.68 Å². The minimum absolute atomic E-state index is 0.205. The fourth-order valence-electron chi connectivity index (χ4n) is 1.55. The van der Waals surface area contributed by atoms with Crippen LogP contribution in [0.1, 0.15) is 11.1 Å². The molecule has 92 valence electrons. The highest BCUT2D eigenvalue weighted by atomic mass is 79.9. The lowest BCUT2D eigenvalue weighted by molar-refractivity contribution is 0.413. The minimum Gasteiger partial charge on any atom is -0.495 e. The molecule has 0 atom stereocenters. The maximum Gasteiger partial charge on any atom is 0.240 e. The first-order valence-corrected chi connectivity index (χ1v) is 5.86. The summed E-state index contributed by atoms with van der Waals surface area (Å²) in [6, 6.07) is 7.46. The summed E-state index contributed by atoms with van der Waals surface area (Å²) in [4.78, 5) is 3.94. The number of nitrogens with zero attached hydrogens (tertiary/aromatic N) is 4. The molecule has 0 saturated heterocycles. The second kappa shape index (κ2) is 5.06. The van der Waals surface area contributed by atoms with Crippen LogP contribution in [0, 0.1) is 11.3 Å². The van der Waals surface area contributed by atoms with E-state index < -0.39 is 0 Å². The number of hydrogen-bond acceptors (Lipinski definition) is 5. The summed E-state index contributed by atoms with van der Waals surface area (Å²) in [6.45, 7) is 0.476. The summed E-state index contributed by atoms with van der Waals surface area (Å²) in [6.07, 6.45) is 0. The van der Waals surface area contributed by atoms with Gasteiger partial charge in [-0.2, -0.15) is 10.2 Å². The third kappa shape index (κ3) is 2.43. The van der Waals surface area contributed by atoms with Gasteiger partial charge >= 0.3 is 0 Å². The Kier molecular flexibility index (Phi) is 3.48. The van der Waals surface area contributed by atoms with E-state index in [1.807, 2.05) is 6.07 Å². The Balaban J connectivity index is 2.30. The highest BCUT2D eigenvalue weighted by Crippen LogP contribution is 2.20. The second-order valence-corrected chi connectivity index (χ2v) is 4.25. The molecule has 0 spiro atoms. The minimum atomic E-state index is 0.205. The van der Waals surface area contributed by atoms with E-state index in [9.17, 15) is 0 Å². The Morgan fingerprint density at radius 3 is 2.89 bits per heavy atom. The monoisotopic (exact) mass is 307 g/mol. The zero-order valence-electron chi connectivity index (χ0n) is 9.59. The molecule has 1 aromatic carbocycles. The maximum atomic E-state index is 9.00. The zero-order chi connectivity index (χ0) is 13.1. The van der Waals surface area contributed by atoms with Gasteiger partial charge in [0, 0.05) is 0 Å². The molecule has 0 amide bonds. The van der Waals surface area contributed by atoms with Crippen molar-refractivity contribution in [2.24, 2.45) is 0 Å². The normalized spacial score (nSPS) is 10.1. The van der Waals surface area contributed by atoms with E-state index in [-0.39, 0.29) is 5.95 Å². The van der Waals surface area contributed by atoms with Crippen molar-refractivity contribution in [3.05, 3.63) is 34.1 Å². The molecule has 6 nitrogen and oxygen atoms in total. The van der Waals surface area contributed by atoms with Crippen molar-refractivity contribution in [3.8, 4) is 11.8 Å². The van der Waals surface area contributed by atoms with E-state index in [1.165, 1.54) is 7.11 Å². The summed E-state index contributed by atoms with van der Waals surface area (Å²) in [5, 5.41) is 13.0. The Hall–Kier alpha value is -2.07. The fraction of sp³-hybridized carbons (Fsp3) is 0.182. The van der Waals surface area contributed by atoms with Gasteiger partial charge in [0.2, 0.25) is 5.95 Å². The van der Waals surface area contributed by atoms with Gasteiger partial charge in [0.05, 0.1) is 19.2 Å². The largest absolute Gasteiger partial charge is 0.495 e. The Labute approximate surface area is 112 Å². The number of nitrogens with two attached hydrogens (primary N) is 1. The lowest BCUT2D eigenvalue weighted by Crippen LogP contribution is -2.03. The van der Waals surface area contributed by atoms with Crippen LogP contribution >= 0.6 is 15.9 Å². The molecule has 0 fully saturated rings. The molecule has 0 saturated carbocycles. The number of ether oxygens (including phenoxy) is 1. The van der Waals surface area contributed by atoms with Crippen LogP contribution in [0.4, 0.5) is 5.95 Å². The van der Waals surface area contributed by atoms with E-state index in [0.717, 1.165) is 5.56 Å². The van der Waals surface area contributed by atoms with Crippen LogP contribution in [0.3, 0.4) is 0 Å². The third-order valence-electron chi connectivity index (χ3n) is 2.36. The molecule has 0 aliphatic heterocycles. The molecule has 7 heteroatoms. The van der Waals surface area contributed by atoms with Crippen molar-refractivity contribution >= 4 is 21.9 Å². The molecule has 0 radical (unpaired) electrons. The Bertz CT molecular complexity index is 616. The van der Waals surface area contributed by atoms with Crippen LogP contribution < -0.4 is 10.5 Å². The zero-order valence-corrected chi connectivity index (χ0v) is 11.2. The first-order chi connectivity index (χ1) is 8.63. The SMILES string of the molecule is COc1ccc(Cn2nc(N)nc2Br)cc1C#N. The smallest absolute Gasteiger partial charge is 0.240 e. The Morgan fingerprint density at radius 1 is 1.56 bits per heavy atom. The summed E-state index contributed by atoms with van der Waals surface area (Å²) in [5.41, 5.74) is 6.89. The van der Waals surface area contributed by atoms with Crippen molar-refractivity contribution in [1.29, 1.82) is 5.26 Å². The highest BCUT2D eigenvalue weighted by Gasteiger charge is 2.08. The number of benzene rings is 1. The molecule has 1 aromatic heterocycles. The number of rotatable bonds is 3. The number of halogens is 1. The number of anilines is 1. The molecular weight excluding hydrogens is 298 g/mol. The van der Waals surface area contributed by atoms with Crippen molar-refractivity contribution in [2.45, 2.75) is 6.54 Å². The lowest BCUT2D eigenvalue weighted by Gasteiger charge is -2.06. The van der Waals surface area contributed by atoms with Gasteiger partial charge in [-0.1, -0.05) is 6.07 Å². The Morgan fingerprint density at radius 2 is 2.33 bits per heavy atom. The van der Waals surface area contributed by atoms with Gasteiger partial charge in [-0.15, -0.1) is 5.10 Å². The van der Waals surface area contributed by atoms with E-state index in [4.69, 9.17) is 15.7 Å². The third-order valence-corrected chi connectivity index (χ3v) is 2.95. The van der Waals surface area contributed by atoms with Crippen molar-refractivity contribution in [3.63, 3.8) is 0 Å². The summed E-state index contributed by atoms with van der Waals surface area (Å²) in [5.74, 6) is 0.759. The van der Waals surface area contributed by atoms with Gasteiger partial charge in [0.1, 0.15) is 11.8 Å². The van der Waals surface area contributed by atoms with E-state index >= 15 is 0 Å². The number of aromatic nitrogens is 3. The number of methoxy groups -OCH3 is 1. The first-order valence-electron chi connectivity index (χ1n) is 5.07. The standard InChI is InChI=1S/C11H10BrN5O/c1-18-9-3-2-7(4-8(9)5-13)6-17-10(12)15-11(14)16-17/h2-4H,6H2,1H3,(H2,14,16). The summed E-state index contributed by atoms with van der Waals surface area (Å²) in [7, 11) is 1.53. The van der Waals surface area contributed by atoms with E-state index in [1.54, 1.807) is 16.8 Å². The number of nitrogen functional groups attached to an aromatic ring is 1. The van der Waals surface area contributed by atoms with Crippen LogP contribution in [0.5, 0.6) is 5.75 Å². The van der Waals surface area contributed by atoms with E-state index in [2.05, 4.69) is 32.1 Å². The highest BCUT2D eigenvalue weighted by molar-refractivity contribution is 9.10. The average Bonchev–Trinajstić information content (AvgIpc) is 2.67. The van der Waals surface area contributed by atoms with Crippen LogP contribution in [0.15, 0.2) is 22.9 Å². The van der Waals surface area contributed by atoms with Gasteiger partial charge < -0.3 is 10.5 Å². The molecule has 18 heavy (non-hydrogen) atoms. The van der Waals surface area contributed by atoms with Crippen LogP contribution in [-0.4, -0.2) is 21.9 Å². The van der Waals surface area contributed by atoms with Gasteiger partial charge in [-0.05, 0) is 33.6 Å². The van der Waals surface area contributed by atoms with Crippen LogP contribution in [-0.2, 0) is 6.54 Å². The summed E-state index contributed by atoms with van der Waals surface area (Å²) >= 11 is 3.26. The number of nitriles is 1. The van der Waals surface area contributed by atoms with Crippen LogP contribution in [0.25, 0.3) is 0 Å². The second-order valence-electron chi connectivity index (χ2n) is 3.54. The molecule has 2 aromatic rings. The molecular formula is C11H10BrN5O. The maximum absolute atomic E-state index is 9.00. The van der Waals surface area contributed by atoms with Crippen molar-refractivity contribution in [1.82, 2.24) is 14.8 Å². The molecule has 0 aliphatic carbocycles. The van der Waals surface area contributed by atoms with Gasteiger partial charge in [-0.3, -0.25) is 0 Å². The first kappa shape index (κ1) is 12.4. The van der Waals surface area contributed by atoms with E-state index in [0.29, 0.717) is 22.6 Å². The molecule has 2 rings (SSSR count). The molecule has 0 unspecified atom stereocenters. The van der Waals surface area contributed by atoms with Crippen LogP contribution in [0.2, 0.25) is 0 Å². The topological polar surface area (TPSA) is 89.8 Å². The van der Waals surface area contributed by atoms with Crippen molar-refractivity contribution in [2.75, 3.05) is 12.8 Å². The lowest BCUT2D eigenvalue weighted by atomic mass is 10.1. The predicted molar refractivity (Wildman–Crippen MR) is 68.9 cm³/mol. The fourth-order valence-corrected chi connectivity index (χ4v) is 1.94. The molecule has 0 aliphatic rings. The molecule has 0 bridgehead atoms. The molecule has 1 heterocycles. The quantitative estimate of drug-likeness (QED) is 0.929. The molecule has 2 N–H and O–H groups in total. The predicted octanol–water partition coefficient (Wildman–Crippen LogP) is 1.55. The van der Waals surface area contributed by atoms with Gasteiger partial charge in [0.25, 0.3) is 0 Å². The average molecular weight is 308 g/mol. The van der Waals surface area contributed by atoms with Crippen molar-refractivity contribution < 1.29 is 4.74 Å². The number of hydrogen-bond donors (Lipinski definition) is 1.